The van der Waals surface area contributed by atoms with Crippen molar-refractivity contribution in [1.29, 1.82) is 0 Å². The quantitative estimate of drug-likeness (QED) is 0.0336. The molecule has 612 valence electrons. The molecule has 1 saturated heterocycles. The lowest BCUT2D eigenvalue weighted by atomic mass is 10.0. The van der Waals surface area contributed by atoms with Crippen molar-refractivity contribution in [3.05, 3.63) is 301 Å². The number of hydrogen-bond donors (Lipinski definition) is 10. The van der Waals surface area contributed by atoms with Crippen molar-refractivity contribution >= 4 is 113 Å². The molecule has 2 fully saturated rings. The van der Waals surface area contributed by atoms with Gasteiger partial charge in [-0.3, -0.25) is 69.2 Å². The summed E-state index contributed by atoms with van der Waals surface area (Å²) in [5, 5.41) is 47.0. The number of amides is 7. The third-order valence-corrected chi connectivity index (χ3v) is 19.8. The lowest BCUT2D eigenvalue weighted by Crippen LogP contribution is -2.27. The predicted molar refractivity (Wildman–Crippen MR) is 461 cm³/mol. The zero-order chi connectivity index (χ0) is 84.9. The molecule has 31 heteroatoms. The van der Waals surface area contributed by atoms with Gasteiger partial charge in [0, 0.05) is 137 Å². The van der Waals surface area contributed by atoms with Crippen molar-refractivity contribution in [3.63, 3.8) is 0 Å². The van der Waals surface area contributed by atoms with Crippen LogP contribution in [0.2, 0.25) is 0 Å². The maximum atomic E-state index is 13.4. The number of anilines is 6. The number of aromatic amines is 4. The fraction of sp³-hybridized carbons (Fsp3) is 0.143. The van der Waals surface area contributed by atoms with E-state index in [4.69, 9.17) is 0 Å². The summed E-state index contributed by atoms with van der Waals surface area (Å²) in [5.41, 5.74) is 15.7. The van der Waals surface area contributed by atoms with Crippen LogP contribution in [0.3, 0.4) is 0 Å². The Morgan fingerprint density at radius 2 is 0.689 bits per heavy atom. The molecule has 122 heavy (non-hydrogen) atoms. The number of H-pyrrole nitrogens is 4. The largest absolute Gasteiger partial charge is 0.331 e. The van der Waals surface area contributed by atoms with Crippen LogP contribution in [0.15, 0.2) is 244 Å². The lowest BCUT2D eigenvalue weighted by Gasteiger charge is -2.14. The van der Waals surface area contributed by atoms with E-state index in [1.54, 1.807) is 87.5 Å². The number of benzene rings is 8. The summed E-state index contributed by atoms with van der Waals surface area (Å²) in [7, 11) is 7.31. The van der Waals surface area contributed by atoms with Crippen LogP contribution in [-0.2, 0) is 17.9 Å². The number of halogens is 4. The van der Waals surface area contributed by atoms with E-state index in [1.807, 2.05) is 112 Å². The molecule has 0 atom stereocenters. The molecule has 27 nitrogen and oxygen atoms in total. The van der Waals surface area contributed by atoms with Crippen molar-refractivity contribution in [2.24, 2.45) is 5.92 Å². The topological polar surface area (TPSA) is 351 Å². The van der Waals surface area contributed by atoms with Crippen LogP contribution in [0, 0.1) is 29.2 Å². The molecule has 1 aliphatic heterocycles. The summed E-state index contributed by atoms with van der Waals surface area (Å²) in [5.74, 6) is -3.29. The molecule has 18 rings (SSSR count). The minimum Gasteiger partial charge on any atom is -0.331 e. The molecular weight excluding hydrogens is 1560 g/mol. The van der Waals surface area contributed by atoms with Crippen molar-refractivity contribution in [2.75, 3.05) is 73.2 Å². The molecular formula is C91H79F4N21O6. The number of likely N-dealkylation sites (tertiary alicyclic amines) is 1. The molecule has 1 saturated carbocycles. The molecule has 0 spiro atoms. The van der Waals surface area contributed by atoms with Crippen LogP contribution < -0.4 is 31.9 Å². The van der Waals surface area contributed by atoms with Gasteiger partial charge in [0.15, 0.2) is 22.8 Å². The molecule has 8 aromatic carbocycles. The molecule has 0 bridgehead atoms. The van der Waals surface area contributed by atoms with Gasteiger partial charge in [0.05, 0.1) is 45.8 Å². The van der Waals surface area contributed by atoms with E-state index >= 15 is 0 Å². The lowest BCUT2D eigenvalue weighted by molar-refractivity contribution is -0.117. The first-order chi connectivity index (χ1) is 59.1. The zero-order valence-electron chi connectivity index (χ0n) is 66.2. The standard InChI is InChI=1S/C24H22FN5O.C23H18FN5O2.C22H19FN6O2.C22H20FN5O/c25-19-4-3-5-20(12-19)27-24(31)23-21-11-17(6-7-22(21)28-29-23)18-10-16(13-26-14-18)15-30-8-1-2-9-30;24-16-2-1-3-17(10-16)26-23(31)21-19-9-14(6-7-20(19)28-29-21)15-8-18(12-25-11-15)27-22(30)13-4-5-13;1-29(2)22(31)26-17-8-14(11-24-12-17)13-6-7-19-18(9-13)20(28-27-19)21(30)25-16-5-3-4-15(23)10-16;1-28(2)13-14-8-16(12-24-11-14)15-6-7-20-19(9-15)21(27-26-20)22(29)25-18-5-3-4-17(23)10-18/h3-7,10-14H,1-2,8-9,15H2,(H,27,31)(H,28,29);1-3,6-13H,4-5H2,(H,26,31)(H,27,30)(H,28,29);3-12H,1-2H3,(H,25,30)(H,26,31)(H,27,28);3-12H,13H2,1-2H3,(H,25,29)(H,26,27). The number of urea groups is 1. The fourth-order valence-corrected chi connectivity index (χ4v) is 13.7. The predicted octanol–water partition coefficient (Wildman–Crippen LogP) is 17.2. The summed E-state index contributed by atoms with van der Waals surface area (Å²) in [6, 6.07) is 53.1. The number of rotatable bonds is 19. The highest BCUT2D eigenvalue weighted by atomic mass is 19.1. The van der Waals surface area contributed by atoms with Crippen molar-refractivity contribution in [3.8, 4) is 44.5 Å². The van der Waals surface area contributed by atoms with Crippen LogP contribution in [-0.4, -0.2) is 152 Å². The maximum absolute atomic E-state index is 13.4. The van der Waals surface area contributed by atoms with E-state index in [2.05, 4.69) is 115 Å². The molecule has 0 unspecified atom stereocenters. The number of pyridine rings is 4. The third kappa shape index (κ3) is 20.4. The van der Waals surface area contributed by atoms with Gasteiger partial charge in [-0.1, -0.05) is 48.5 Å². The number of aromatic nitrogens is 12. The molecule has 2 aliphatic rings. The Labute approximate surface area is 694 Å². The van der Waals surface area contributed by atoms with Crippen LogP contribution in [0.1, 0.15) is 78.8 Å². The van der Waals surface area contributed by atoms with E-state index in [0.717, 1.165) is 100 Å². The fourth-order valence-electron chi connectivity index (χ4n) is 13.7. The minimum atomic E-state index is -0.459. The Kier molecular flexibility index (Phi) is 24.7. The highest BCUT2D eigenvalue weighted by Crippen LogP contribution is 2.35. The number of carbonyl (C=O) groups excluding carboxylic acids is 6. The molecule has 7 amide bonds. The Bertz CT molecular complexity index is 6400. The molecule has 10 N–H and O–H groups in total. The van der Waals surface area contributed by atoms with Gasteiger partial charge in [-0.15, -0.1) is 0 Å². The summed E-state index contributed by atoms with van der Waals surface area (Å²) >= 11 is 0. The smallest absolute Gasteiger partial charge is 0.321 e. The molecule has 0 radical (unpaired) electrons. The van der Waals surface area contributed by atoms with Crippen molar-refractivity contribution in [1.82, 2.24) is 75.4 Å². The summed E-state index contributed by atoms with van der Waals surface area (Å²) < 4.78 is 53.6. The van der Waals surface area contributed by atoms with Crippen molar-refractivity contribution in [2.45, 2.75) is 38.8 Å². The van der Waals surface area contributed by atoms with E-state index in [-0.39, 0.29) is 40.6 Å². The number of fused-ring (bicyclic) bond motifs is 4. The third-order valence-electron chi connectivity index (χ3n) is 19.8. The first kappa shape index (κ1) is 81.6. The molecule has 1 aliphatic carbocycles. The molecule has 8 aromatic heterocycles. The Morgan fingerprint density at radius 1 is 0.361 bits per heavy atom. The highest BCUT2D eigenvalue weighted by Gasteiger charge is 2.30. The minimum absolute atomic E-state index is 0.0144. The average molecular weight is 1640 g/mol. The summed E-state index contributed by atoms with van der Waals surface area (Å²) in [6.45, 7) is 3.95. The Morgan fingerprint density at radius 3 is 1.02 bits per heavy atom. The monoisotopic (exact) mass is 1640 g/mol. The second kappa shape index (κ2) is 37.0. The number of nitrogens with one attached hydrogen (secondary N) is 10. The number of nitrogens with zero attached hydrogens (tertiary/aromatic N) is 11. The first-order valence-electron chi connectivity index (χ1n) is 38.8. The SMILES string of the molecule is CN(C)C(=O)Nc1cncc(-c2ccc3[nH]nc(C(=O)Nc4cccc(F)c4)c3c2)c1.CN(C)Cc1cncc(-c2ccc3[nH]nc(C(=O)Nc4cccc(F)c4)c3c2)c1.O=C(Nc1cccc(F)c1)c1n[nH]c2ccc(-c3cncc(CN4CCCC4)c3)cc12.O=C(Nc1cccc(F)c1)c1n[nH]c2ccc(-c3cncc(NC(=O)C4CC4)c3)cc12. The summed E-state index contributed by atoms with van der Waals surface area (Å²) in [4.78, 5) is 97.9. The second-order valence-corrected chi connectivity index (χ2v) is 29.6. The van der Waals surface area contributed by atoms with Gasteiger partial charge in [-0.25, -0.2) is 22.4 Å². The maximum Gasteiger partial charge on any atom is 0.321 e. The van der Waals surface area contributed by atoms with Gasteiger partial charge in [-0.05, 0) is 232 Å². The first-order valence-corrected chi connectivity index (χ1v) is 38.8. The molecule has 9 heterocycles. The Hall–Kier alpha value is -15.5. The van der Waals surface area contributed by atoms with Crippen LogP contribution in [0.5, 0.6) is 0 Å². The van der Waals surface area contributed by atoms with Crippen LogP contribution in [0.25, 0.3) is 88.1 Å². The van der Waals surface area contributed by atoms with E-state index in [0.29, 0.717) is 66.7 Å². The van der Waals surface area contributed by atoms with E-state index < -0.39 is 46.9 Å². The van der Waals surface area contributed by atoms with Crippen molar-refractivity contribution < 1.29 is 46.3 Å². The van der Waals surface area contributed by atoms with Gasteiger partial charge < -0.3 is 41.7 Å². The van der Waals surface area contributed by atoms with Crippen LogP contribution >= 0.6 is 0 Å². The van der Waals surface area contributed by atoms with Gasteiger partial charge in [0.1, 0.15) is 23.3 Å². The number of hydrogen-bond acceptors (Lipinski definition) is 16. The second-order valence-electron chi connectivity index (χ2n) is 29.6. The van der Waals surface area contributed by atoms with Gasteiger partial charge in [0.2, 0.25) is 5.91 Å². The van der Waals surface area contributed by atoms with Gasteiger partial charge in [-0.2, -0.15) is 20.4 Å². The van der Waals surface area contributed by atoms with E-state index in [9.17, 15) is 46.3 Å². The number of carbonyl (C=O) groups is 6. The summed E-state index contributed by atoms with van der Waals surface area (Å²) in [6.07, 6.45) is 18.3. The van der Waals surface area contributed by atoms with Crippen LogP contribution in [0.4, 0.5) is 56.5 Å². The molecule has 16 aromatic rings. The Balaban J connectivity index is 0.000000126. The average Bonchev–Trinajstić information content (AvgIpc) is 1.65. The zero-order valence-corrected chi connectivity index (χ0v) is 66.2. The highest BCUT2D eigenvalue weighted by molar-refractivity contribution is 6.15. The van der Waals surface area contributed by atoms with Gasteiger partial charge >= 0.3 is 6.03 Å². The normalized spacial score (nSPS) is 12.3. The van der Waals surface area contributed by atoms with Gasteiger partial charge in [0.25, 0.3) is 23.6 Å². The van der Waals surface area contributed by atoms with E-state index in [1.165, 1.54) is 84.0 Å².